The maximum atomic E-state index is 6.41. The maximum Gasteiger partial charge on any atom is 0.166 e. The summed E-state index contributed by atoms with van der Waals surface area (Å²) < 4.78 is 10.4. The summed E-state index contributed by atoms with van der Waals surface area (Å²) in [6, 6.07) is 8.44. The molecule has 5 rings (SSSR count). The smallest absolute Gasteiger partial charge is 0.166 e. The number of pyridine rings is 1. The lowest BCUT2D eigenvalue weighted by molar-refractivity contribution is 0.228. The van der Waals surface area contributed by atoms with Crippen LogP contribution in [0.2, 0.25) is 0 Å². The van der Waals surface area contributed by atoms with Crippen LogP contribution in [0.4, 0.5) is 5.82 Å². The van der Waals surface area contributed by atoms with Gasteiger partial charge in [-0.3, -0.25) is 9.36 Å². The maximum absolute atomic E-state index is 6.41. The fourth-order valence-corrected chi connectivity index (χ4v) is 4.57. The molecule has 1 atom stereocenters. The predicted molar refractivity (Wildman–Crippen MR) is 126 cm³/mol. The van der Waals surface area contributed by atoms with E-state index in [-0.39, 0.29) is 6.10 Å². The molecule has 0 radical (unpaired) electrons. The van der Waals surface area contributed by atoms with Gasteiger partial charge in [0.05, 0.1) is 17.6 Å². The predicted octanol–water partition coefficient (Wildman–Crippen LogP) is 4.61. The van der Waals surface area contributed by atoms with E-state index in [0.29, 0.717) is 11.6 Å². The van der Waals surface area contributed by atoms with Gasteiger partial charge in [0.15, 0.2) is 11.6 Å². The molecular formula is C25H28N6O. The third kappa shape index (κ3) is 3.16. The molecule has 4 heterocycles. The van der Waals surface area contributed by atoms with Crippen LogP contribution in [0.15, 0.2) is 36.7 Å². The standard InChI is InChI=1S/C25H28N6O/c1-6-31-24-17(13-28-31)10-20-15(3)30(5)29-23(20)19-8-7-14(2)9-21(19)16(4)32-22-11-18(24)12-27-25(22)26/h7-9,11-13,16H,6,10H2,1-5H3,(H2,26,27). The van der Waals surface area contributed by atoms with Crippen molar-refractivity contribution in [3.8, 4) is 28.3 Å². The van der Waals surface area contributed by atoms with Crippen LogP contribution in [0, 0.1) is 13.8 Å². The van der Waals surface area contributed by atoms with Gasteiger partial charge >= 0.3 is 0 Å². The number of aromatic nitrogens is 5. The van der Waals surface area contributed by atoms with Crippen molar-refractivity contribution in [3.63, 3.8) is 0 Å². The molecule has 1 aliphatic heterocycles. The number of nitrogens with two attached hydrogens (primary N) is 1. The molecule has 1 aromatic carbocycles. The number of ether oxygens (including phenoxy) is 1. The SMILES string of the molecule is CCn1ncc2c1-c1cnc(N)c(c1)OC(C)c1cc(C)ccc1-c1nn(C)c(C)c1C2. The molecule has 0 spiro atoms. The number of nitrogens with zero attached hydrogens (tertiary/aromatic N) is 5. The largest absolute Gasteiger partial charge is 0.482 e. The molecular weight excluding hydrogens is 400 g/mol. The molecule has 7 nitrogen and oxygen atoms in total. The molecule has 7 heteroatoms. The summed E-state index contributed by atoms with van der Waals surface area (Å²) in [5, 5.41) is 9.58. The first kappa shape index (κ1) is 20.3. The van der Waals surface area contributed by atoms with Gasteiger partial charge in [0.2, 0.25) is 0 Å². The van der Waals surface area contributed by atoms with E-state index in [1.807, 2.05) is 35.6 Å². The van der Waals surface area contributed by atoms with Gasteiger partial charge in [-0.2, -0.15) is 10.2 Å². The zero-order valence-corrected chi connectivity index (χ0v) is 19.2. The molecule has 0 amide bonds. The summed E-state index contributed by atoms with van der Waals surface area (Å²) in [6.07, 6.45) is 4.26. The first-order valence-electron chi connectivity index (χ1n) is 11.0. The highest BCUT2D eigenvalue weighted by molar-refractivity contribution is 5.72. The number of hydrogen-bond acceptors (Lipinski definition) is 5. The molecule has 4 aromatic rings. The molecule has 32 heavy (non-hydrogen) atoms. The van der Waals surface area contributed by atoms with Crippen LogP contribution in [0.5, 0.6) is 5.75 Å². The molecule has 2 N–H and O–H groups in total. The second-order valence-corrected chi connectivity index (χ2v) is 8.51. The van der Waals surface area contributed by atoms with E-state index >= 15 is 0 Å². The molecule has 0 fully saturated rings. The van der Waals surface area contributed by atoms with Crippen molar-refractivity contribution < 1.29 is 4.74 Å². The van der Waals surface area contributed by atoms with Crippen LogP contribution in [-0.2, 0) is 20.0 Å². The zero-order chi connectivity index (χ0) is 22.6. The van der Waals surface area contributed by atoms with Crippen LogP contribution in [0.3, 0.4) is 0 Å². The third-order valence-electron chi connectivity index (χ3n) is 6.40. The van der Waals surface area contributed by atoms with Crippen molar-refractivity contribution in [2.75, 3.05) is 5.73 Å². The third-order valence-corrected chi connectivity index (χ3v) is 6.40. The van der Waals surface area contributed by atoms with Gasteiger partial charge < -0.3 is 10.5 Å². The number of hydrogen-bond donors (Lipinski definition) is 1. The summed E-state index contributed by atoms with van der Waals surface area (Å²) in [4.78, 5) is 4.45. The molecule has 2 bridgehead atoms. The number of fused-ring (bicyclic) bond motifs is 7. The highest BCUT2D eigenvalue weighted by Gasteiger charge is 2.25. The fraction of sp³-hybridized carbons (Fsp3) is 0.320. The minimum atomic E-state index is -0.227. The van der Waals surface area contributed by atoms with Crippen LogP contribution in [0.25, 0.3) is 22.5 Å². The van der Waals surface area contributed by atoms with Crippen LogP contribution >= 0.6 is 0 Å². The molecule has 1 unspecified atom stereocenters. The lowest BCUT2D eigenvalue weighted by atomic mass is 9.92. The van der Waals surface area contributed by atoms with Gasteiger partial charge in [-0.05, 0) is 33.8 Å². The van der Waals surface area contributed by atoms with E-state index in [9.17, 15) is 0 Å². The van der Waals surface area contributed by atoms with Crippen molar-refractivity contribution in [2.24, 2.45) is 7.05 Å². The van der Waals surface area contributed by atoms with Crippen molar-refractivity contribution in [1.82, 2.24) is 24.5 Å². The Labute approximate surface area is 187 Å². The minimum Gasteiger partial charge on any atom is -0.482 e. The Morgan fingerprint density at radius 2 is 2.00 bits per heavy atom. The number of benzene rings is 1. The Bertz CT molecular complexity index is 1330. The van der Waals surface area contributed by atoms with Crippen LogP contribution in [-0.4, -0.2) is 24.5 Å². The van der Waals surface area contributed by atoms with Crippen LogP contribution in [0.1, 0.15) is 47.9 Å². The highest BCUT2D eigenvalue weighted by Crippen LogP contribution is 2.39. The highest BCUT2D eigenvalue weighted by atomic mass is 16.5. The van der Waals surface area contributed by atoms with Crippen molar-refractivity contribution in [2.45, 2.75) is 46.8 Å². The Kier molecular flexibility index (Phi) is 4.77. The Morgan fingerprint density at radius 3 is 2.78 bits per heavy atom. The zero-order valence-electron chi connectivity index (χ0n) is 19.2. The fourth-order valence-electron chi connectivity index (χ4n) is 4.57. The van der Waals surface area contributed by atoms with Gasteiger partial charge in [-0.1, -0.05) is 23.8 Å². The van der Waals surface area contributed by atoms with E-state index < -0.39 is 0 Å². The molecule has 0 aliphatic carbocycles. The van der Waals surface area contributed by atoms with Crippen LogP contribution < -0.4 is 10.5 Å². The second kappa shape index (κ2) is 7.51. The molecule has 1 aliphatic rings. The average molecular weight is 429 g/mol. The Morgan fingerprint density at radius 1 is 1.19 bits per heavy atom. The number of nitrogen functional groups attached to an aromatic ring is 1. The van der Waals surface area contributed by atoms with Gasteiger partial charge in [0.1, 0.15) is 6.10 Å². The first-order chi connectivity index (χ1) is 15.4. The second-order valence-electron chi connectivity index (χ2n) is 8.51. The molecule has 164 valence electrons. The first-order valence-corrected chi connectivity index (χ1v) is 11.0. The Balaban J connectivity index is 1.84. The summed E-state index contributed by atoms with van der Waals surface area (Å²) in [5.74, 6) is 0.959. The topological polar surface area (TPSA) is 83.8 Å². The summed E-state index contributed by atoms with van der Waals surface area (Å²) >= 11 is 0. The van der Waals surface area contributed by atoms with E-state index in [4.69, 9.17) is 15.6 Å². The van der Waals surface area contributed by atoms with Crippen molar-refractivity contribution in [3.05, 3.63) is 64.6 Å². The normalized spacial score (nSPS) is 15.1. The molecule has 3 aromatic heterocycles. The van der Waals surface area contributed by atoms with Gasteiger partial charge in [-0.15, -0.1) is 0 Å². The summed E-state index contributed by atoms with van der Waals surface area (Å²) in [5.41, 5.74) is 16.0. The van der Waals surface area contributed by atoms with E-state index in [0.717, 1.165) is 52.3 Å². The monoisotopic (exact) mass is 428 g/mol. The number of rotatable bonds is 1. The van der Waals surface area contributed by atoms with E-state index in [1.165, 1.54) is 11.1 Å². The van der Waals surface area contributed by atoms with E-state index in [1.54, 1.807) is 6.20 Å². The number of aryl methyl sites for hydroxylation is 3. The van der Waals surface area contributed by atoms with Crippen molar-refractivity contribution >= 4 is 5.82 Å². The number of anilines is 1. The summed E-state index contributed by atoms with van der Waals surface area (Å²) in [7, 11) is 2.00. The quantitative estimate of drug-likeness (QED) is 0.479. The summed E-state index contributed by atoms with van der Waals surface area (Å²) in [6.45, 7) is 9.11. The Hall–Kier alpha value is -3.61. The van der Waals surface area contributed by atoms with Crippen molar-refractivity contribution in [1.29, 1.82) is 0 Å². The minimum absolute atomic E-state index is 0.227. The van der Waals surface area contributed by atoms with Gasteiger partial charge in [-0.25, -0.2) is 4.98 Å². The lowest BCUT2D eigenvalue weighted by Crippen LogP contribution is -2.10. The molecule has 0 saturated heterocycles. The average Bonchev–Trinajstić information content (AvgIpc) is 3.30. The van der Waals surface area contributed by atoms with Gasteiger partial charge in [0.25, 0.3) is 0 Å². The molecule has 0 saturated carbocycles. The van der Waals surface area contributed by atoms with E-state index in [2.05, 4.69) is 49.1 Å². The lowest BCUT2D eigenvalue weighted by Gasteiger charge is -2.21. The van der Waals surface area contributed by atoms with Gasteiger partial charge in [0, 0.05) is 59.7 Å².